The number of carbonyl (C=O) groups excluding carboxylic acids is 2. The smallest absolute Gasteiger partial charge is 0.269 e. The third-order valence-electron chi connectivity index (χ3n) is 3.97. The first-order chi connectivity index (χ1) is 13.5. The van der Waals surface area contributed by atoms with Crippen LogP contribution in [0.25, 0.3) is 0 Å². The number of hydrogen-bond acceptors (Lipinski definition) is 3. The maximum atomic E-state index is 13.7. The first-order valence-corrected chi connectivity index (χ1v) is 8.95. The number of rotatable bonds is 6. The highest BCUT2D eigenvalue weighted by Crippen LogP contribution is 2.14. The van der Waals surface area contributed by atoms with Crippen molar-refractivity contribution in [2.24, 2.45) is 0 Å². The monoisotopic (exact) mass is 397 g/mol. The van der Waals surface area contributed by atoms with Gasteiger partial charge in [0, 0.05) is 23.3 Å². The summed E-state index contributed by atoms with van der Waals surface area (Å²) in [6, 6.07) is 16.1. The predicted molar refractivity (Wildman–Crippen MR) is 106 cm³/mol. The van der Waals surface area contributed by atoms with Crippen molar-refractivity contribution < 1.29 is 14.0 Å². The van der Waals surface area contributed by atoms with E-state index in [1.54, 1.807) is 12.1 Å². The van der Waals surface area contributed by atoms with Crippen LogP contribution in [0.5, 0.6) is 0 Å². The van der Waals surface area contributed by atoms with Crippen molar-refractivity contribution in [1.29, 1.82) is 0 Å². The van der Waals surface area contributed by atoms with Gasteiger partial charge in [-0.05, 0) is 48.4 Å². The molecule has 0 spiro atoms. The molecule has 1 heterocycles. The van der Waals surface area contributed by atoms with Crippen LogP contribution in [0.1, 0.15) is 26.4 Å². The van der Waals surface area contributed by atoms with E-state index in [0.717, 1.165) is 5.56 Å². The van der Waals surface area contributed by atoms with Crippen molar-refractivity contribution in [3.8, 4) is 0 Å². The number of halogens is 2. The molecular weight excluding hydrogens is 381 g/mol. The largest absolute Gasteiger partial charge is 0.350 e. The fourth-order valence-electron chi connectivity index (χ4n) is 2.56. The van der Waals surface area contributed by atoms with Crippen LogP contribution in [0.3, 0.4) is 0 Å². The maximum Gasteiger partial charge on any atom is 0.269 e. The first-order valence-electron chi connectivity index (χ1n) is 8.57. The molecule has 7 heteroatoms. The van der Waals surface area contributed by atoms with E-state index in [2.05, 4.69) is 15.6 Å². The number of amides is 2. The summed E-state index contributed by atoms with van der Waals surface area (Å²) in [4.78, 5) is 28.6. The number of carbonyl (C=O) groups is 2. The van der Waals surface area contributed by atoms with Gasteiger partial charge in [-0.25, -0.2) is 4.39 Å². The van der Waals surface area contributed by atoms with Gasteiger partial charge in [0.25, 0.3) is 11.8 Å². The molecule has 0 bridgehead atoms. The van der Waals surface area contributed by atoms with Crippen LogP contribution in [-0.2, 0) is 6.42 Å². The topological polar surface area (TPSA) is 71.1 Å². The quantitative estimate of drug-likeness (QED) is 0.657. The summed E-state index contributed by atoms with van der Waals surface area (Å²) in [5.41, 5.74) is 1.38. The number of aromatic nitrogens is 1. The Morgan fingerprint density at radius 2 is 1.82 bits per heavy atom. The van der Waals surface area contributed by atoms with Crippen LogP contribution < -0.4 is 10.6 Å². The van der Waals surface area contributed by atoms with Gasteiger partial charge in [-0.3, -0.25) is 14.6 Å². The minimum Gasteiger partial charge on any atom is -0.350 e. The molecule has 3 aromatic rings. The average molecular weight is 398 g/mol. The molecule has 3 rings (SSSR count). The zero-order chi connectivity index (χ0) is 19.9. The van der Waals surface area contributed by atoms with Crippen molar-refractivity contribution in [3.63, 3.8) is 0 Å². The lowest BCUT2D eigenvalue weighted by molar-refractivity contribution is 0.0949. The Morgan fingerprint density at radius 3 is 2.61 bits per heavy atom. The number of nitrogens with one attached hydrogen (secondary N) is 2. The molecule has 5 nitrogen and oxygen atoms in total. The highest BCUT2D eigenvalue weighted by Gasteiger charge is 2.13. The van der Waals surface area contributed by atoms with Crippen LogP contribution in [0.2, 0.25) is 5.02 Å². The van der Waals surface area contributed by atoms with Gasteiger partial charge in [0.2, 0.25) is 0 Å². The van der Waals surface area contributed by atoms with E-state index in [0.29, 0.717) is 18.0 Å². The third-order valence-corrected chi connectivity index (χ3v) is 4.20. The summed E-state index contributed by atoms with van der Waals surface area (Å²) in [6.45, 7) is 0.395. The van der Waals surface area contributed by atoms with E-state index in [1.807, 2.05) is 18.2 Å². The van der Waals surface area contributed by atoms with Crippen molar-refractivity contribution >= 4 is 29.1 Å². The van der Waals surface area contributed by atoms with Gasteiger partial charge in [-0.15, -0.1) is 0 Å². The number of para-hydroxylation sites is 1. The minimum atomic E-state index is -0.538. The van der Waals surface area contributed by atoms with Crippen LogP contribution in [0.15, 0.2) is 66.9 Å². The van der Waals surface area contributed by atoms with Crippen molar-refractivity contribution in [1.82, 2.24) is 10.3 Å². The minimum absolute atomic E-state index is 0.0665. The summed E-state index contributed by atoms with van der Waals surface area (Å²) in [6.07, 6.45) is 1.97. The molecular formula is C21H17ClFN3O2. The van der Waals surface area contributed by atoms with E-state index in [9.17, 15) is 14.0 Å². The van der Waals surface area contributed by atoms with Gasteiger partial charge < -0.3 is 10.6 Å². The summed E-state index contributed by atoms with van der Waals surface area (Å²) in [7, 11) is 0. The molecule has 0 aliphatic rings. The fourth-order valence-corrected chi connectivity index (χ4v) is 2.77. The lowest BCUT2D eigenvalue weighted by Gasteiger charge is -2.08. The Balaban J connectivity index is 1.61. The number of benzene rings is 2. The molecule has 0 atom stereocenters. The number of pyridine rings is 1. The summed E-state index contributed by atoms with van der Waals surface area (Å²) in [5, 5.41) is 5.87. The van der Waals surface area contributed by atoms with Crippen LogP contribution in [0, 0.1) is 5.82 Å². The van der Waals surface area contributed by atoms with E-state index in [1.165, 1.54) is 36.5 Å². The molecule has 2 amide bonds. The normalized spacial score (nSPS) is 10.4. The average Bonchev–Trinajstić information content (AvgIpc) is 2.70. The maximum absolute atomic E-state index is 13.7. The lowest BCUT2D eigenvalue weighted by atomic mass is 10.1. The standard InChI is InChI=1S/C21H17ClFN3O2/c22-16-5-3-4-14(12-16)8-10-25-21(28)19-13-15(9-11-24-19)20(27)26-18-7-2-1-6-17(18)23/h1-7,9,11-13H,8,10H2,(H,25,28)(H,26,27). The van der Waals surface area contributed by atoms with E-state index in [4.69, 9.17) is 11.6 Å². The highest BCUT2D eigenvalue weighted by molar-refractivity contribution is 6.30. The van der Waals surface area contributed by atoms with Gasteiger partial charge in [0.05, 0.1) is 5.69 Å². The molecule has 0 aliphatic carbocycles. The van der Waals surface area contributed by atoms with Gasteiger partial charge in [-0.1, -0.05) is 35.9 Å². The van der Waals surface area contributed by atoms with Crippen LogP contribution in [0.4, 0.5) is 10.1 Å². The second-order valence-electron chi connectivity index (χ2n) is 6.00. The van der Waals surface area contributed by atoms with Gasteiger partial charge >= 0.3 is 0 Å². The Bertz CT molecular complexity index is 1010. The Kier molecular flexibility index (Phi) is 6.34. The van der Waals surface area contributed by atoms with Crippen LogP contribution >= 0.6 is 11.6 Å². The number of anilines is 1. The second kappa shape index (κ2) is 9.10. The van der Waals surface area contributed by atoms with Crippen molar-refractivity contribution in [2.45, 2.75) is 6.42 Å². The SMILES string of the molecule is O=C(Nc1ccccc1F)c1ccnc(C(=O)NCCc2cccc(Cl)c2)c1. The van der Waals surface area contributed by atoms with E-state index < -0.39 is 17.6 Å². The van der Waals surface area contributed by atoms with Gasteiger partial charge in [0.15, 0.2) is 0 Å². The fraction of sp³-hybridized carbons (Fsp3) is 0.0952. The molecule has 1 aromatic heterocycles. The molecule has 0 fully saturated rings. The summed E-state index contributed by atoms with van der Waals surface area (Å²) >= 11 is 5.94. The van der Waals surface area contributed by atoms with Gasteiger partial charge in [-0.2, -0.15) is 0 Å². The molecule has 0 saturated heterocycles. The molecule has 142 valence electrons. The third kappa shape index (κ3) is 5.14. The molecule has 2 aromatic carbocycles. The van der Waals surface area contributed by atoms with E-state index >= 15 is 0 Å². The summed E-state index contributed by atoms with van der Waals surface area (Å²) < 4.78 is 13.7. The van der Waals surface area contributed by atoms with Crippen molar-refractivity contribution in [3.05, 3.63) is 94.5 Å². The number of nitrogens with zero attached hydrogens (tertiary/aromatic N) is 1. The second-order valence-corrected chi connectivity index (χ2v) is 6.44. The highest BCUT2D eigenvalue weighted by atomic mass is 35.5. The van der Waals surface area contributed by atoms with Gasteiger partial charge in [0.1, 0.15) is 11.5 Å². The Labute approximate surface area is 166 Å². The molecule has 0 aliphatic heterocycles. The molecule has 28 heavy (non-hydrogen) atoms. The first kappa shape index (κ1) is 19.5. The Hall–Kier alpha value is -3.25. The summed E-state index contributed by atoms with van der Waals surface area (Å²) in [5.74, 6) is -1.47. The van der Waals surface area contributed by atoms with Crippen molar-refractivity contribution in [2.75, 3.05) is 11.9 Å². The van der Waals surface area contributed by atoms with Crippen LogP contribution in [-0.4, -0.2) is 23.3 Å². The van der Waals surface area contributed by atoms with E-state index in [-0.39, 0.29) is 16.9 Å². The zero-order valence-corrected chi connectivity index (χ0v) is 15.5. The molecule has 0 unspecified atom stereocenters. The zero-order valence-electron chi connectivity index (χ0n) is 14.8. The molecule has 0 radical (unpaired) electrons. The predicted octanol–water partition coefficient (Wildman–Crippen LogP) is 4.10. The molecule has 2 N–H and O–H groups in total. The Morgan fingerprint density at radius 1 is 1.00 bits per heavy atom. The lowest BCUT2D eigenvalue weighted by Crippen LogP contribution is -2.27. The number of hydrogen-bond donors (Lipinski definition) is 2. The molecule has 0 saturated carbocycles.